The number of carbonyl (C=O) groups excluding carboxylic acids is 1. The summed E-state index contributed by atoms with van der Waals surface area (Å²) >= 11 is 6.06. The summed E-state index contributed by atoms with van der Waals surface area (Å²) in [7, 11) is 3.14. The molecule has 2 aliphatic rings. The van der Waals surface area contributed by atoms with Crippen molar-refractivity contribution in [2.24, 2.45) is 0 Å². The first-order chi connectivity index (χ1) is 17.0. The minimum Gasteiger partial charge on any atom is -0.493 e. The molecule has 8 nitrogen and oxygen atoms in total. The van der Waals surface area contributed by atoms with Gasteiger partial charge in [0.2, 0.25) is 0 Å². The molecule has 2 aromatic carbocycles. The summed E-state index contributed by atoms with van der Waals surface area (Å²) in [4.78, 5) is 31.9. The molecular formula is C26H23ClN4O4. The molecule has 1 aliphatic heterocycles. The number of ketones is 1. The maximum absolute atomic E-state index is 12.9. The fourth-order valence-corrected chi connectivity index (χ4v) is 4.63. The van der Waals surface area contributed by atoms with E-state index >= 15 is 0 Å². The van der Waals surface area contributed by atoms with Crippen LogP contribution in [-0.4, -0.2) is 34.5 Å². The quantitative estimate of drug-likeness (QED) is 0.434. The zero-order valence-corrected chi connectivity index (χ0v) is 20.1. The normalized spacial score (nSPS) is 13.5. The van der Waals surface area contributed by atoms with E-state index in [-0.39, 0.29) is 11.3 Å². The highest BCUT2D eigenvalue weighted by atomic mass is 35.5. The van der Waals surface area contributed by atoms with Gasteiger partial charge in [0, 0.05) is 28.9 Å². The molecule has 1 aliphatic carbocycles. The van der Waals surface area contributed by atoms with E-state index in [4.69, 9.17) is 21.1 Å². The fraction of sp³-hybridized carbons (Fsp3) is 0.231. The van der Waals surface area contributed by atoms with Gasteiger partial charge in [0.05, 0.1) is 32.0 Å². The third kappa shape index (κ3) is 4.21. The van der Waals surface area contributed by atoms with E-state index in [1.807, 2.05) is 30.3 Å². The van der Waals surface area contributed by atoms with Gasteiger partial charge in [-0.15, -0.1) is 0 Å². The molecule has 178 valence electrons. The topological polar surface area (TPSA) is 95.3 Å². The van der Waals surface area contributed by atoms with Gasteiger partial charge in [-0.1, -0.05) is 11.6 Å². The van der Waals surface area contributed by atoms with Crippen LogP contribution in [-0.2, 0) is 13.1 Å². The molecule has 4 aromatic rings. The molecule has 2 aromatic heterocycles. The Morgan fingerprint density at radius 2 is 1.83 bits per heavy atom. The minimum atomic E-state index is -0.0726. The number of hydrogen-bond acceptors (Lipinski definition) is 7. The number of methoxy groups -OCH3 is 2. The molecule has 0 spiro atoms. The lowest BCUT2D eigenvalue weighted by molar-refractivity contribution is 0.0967. The SMILES string of the molecule is COc1cc2cc3n(c(=O)c2cc1OC)CNc1cc(Cl)ccc1-3.O=C1CCCc2cncnc21. The molecule has 3 heterocycles. The highest BCUT2D eigenvalue weighted by Crippen LogP contribution is 2.37. The zero-order valence-electron chi connectivity index (χ0n) is 19.3. The van der Waals surface area contributed by atoms with Crippen molar-refractivity contribution in [2.75, 3.05) is 19.5 Å². The van der Waals surface area contributed by atoms with Crippen LogP contribution in [0.4, 0.5) is 5.69 Å². The largest absolute Gasteiger partial charge is 0.493 e. The summed E-state index contributed by atoms with van der Waals surface area (Å²) < 4.78 is 12.4. The van der Waals surface area contributed by atoms with Gasteiger partial charge in [-0.25, -0.2) is 9.97 Å². The van der Waals surface area contributed by atoms with Crippen LogP contribution < -0.4 is 20.3 Å². The van der Waals surface area contributed by atoms with Crippen LogP contribution in [0.1, 0.15) is 28.9 Å². The third-order valence-corrected chi connectivity index (χ3v) is 6.44. The van der Waals surface area contributed by atoms with Crippen molar-refractivity contribution < 1.29 is 14.3 Å². The zero-order chi connectivity index (χ0) is 24.5. The molecule has 9 heteroatoms. The highest BCUT2D eigenvalue weighted by molar-refractivity contribution is 6.31. The van der Waals surface area contributed by atoms with Crippen molar-refractivity contribution >= 4 is 33.8 Å². The van der Waals surface area contributed by atoms with Gasteiger partial charge < -0.3 is 14.8 Å². The first-order valence-corrected chi connectivity index (χ1v) is 11.5. The Hall–Kier alpha value is -3.91. The molecule has 0 fully saturated rings. The average Bonchev–Trinajstić information content (AvgIpc) is 2.88. The van der Waals surface area contributed by atoms with E-state index in [9.17, 15) is 9.59 Å². The molecule has 0 radical (unpaired) electrons. The summed E-state index contributed by atoms with van der Waals surface area (Å²) in [6.45, 7) is 0.395. The highest BCUT2D eigenvalue weighted by Gasteiger charge is 2.20. The standard InChI is InChI=1S/C18H15ClN2O3.C8H8N2O/c1-23-16-6-10-5-15-12-4-3-11(19)7-14(12)20-9-21(15)18(22)13(10)8-17(16)24-2;11-7-3-1-2-6-4-9-5-10-8(6)7/h3-8,20H,9H2,1-2H3;4-5H,1-3H2. The van der Waals surface area contributed by atoms with E-state index in [0.29, 0.717) is 40.7 Å². The number of fused-ring (bicyclic) bond motifs is 5. The summed E-state index contributed by atoms with van der Waals surface area (Å²) in [6, 6.07) is 11.1. The summed E-state index contributed by atoms with van der Waals surface area (Å²) in [5.74, 6) is 1.30. The van der Waals surface area contributed by atoms with Gasteiger partial charge in [0.25, 0.3) is 5.56 Å². The first-order valence-electron chi connectivity index (χ1n) is 11.2. The van der Waals surface area contributed by atoms with Crippen LogP contribution in [0.25, 0.3) is 22.0 Å². The second kappa shape index (κ2) is 9.38. The molecule has 0 unspecified atom stereocenters. The maximum Gasteiger partial charge on any atom is 0.260 e. The van der Waals surface area contributed by atoms with E-state index in [1.54, 1.807) is 31.0 Å². The van der Waals surface area contributed by atoms with E-state index < -0.39 is 0 Å². The van der Waals surface area contributed by atoms with Gasteiger partial charge in [-0.2, -0.15) is 0 Å². The van der Waals surface area contributed by atoms with Gasteiger partial charge in [-0.3, -0.25) is 14.2 Å². The number of halogens is 1. The lowest BCUT2D eigenvalue weighted by Gasteiger charge is -2.24. The lowest BCUT2D eigenvalue weighted by atomic mass is 9.97. The number of hydrogen-bond donors (Lipinski definition) is 1. The maximum atomic E-state index is 12.9. The molecule has 1 N–H and O–H groups in total. The molecule has 35 heavy (non-hydrogen) atoms. The number of ether oxygens (including phenoxy) is 2. The Labute approximate surface area is 206 Å². The Morgan fingerprint density at radius 1 is 1.03 bits per heavy atom. The van der Waals surface area contributed by atoms with Crippen molar-refractivity contribution in [3.63, 3.8) is 0 Å². The Bertz CT molecular complexity index is 1520. The molecule has 0 atom stereocenters. The van der Waals surface area contributed by atoms with Gasteiger partial charge in [0.1, 0.15) is 12.0 Å². The number of rotatable bonds is 2. The number of nitrogens with zero attached hydrogens (tertiary/aromatic N) is 3. The molecular weight excluding hydrogens is 468 g/mol. The number of aryl methyl sites for hydroxylation is 1. The van der Waals surface area contributed by atoms with Gasteiger partial charge >= 0.3 is 0 Å². The number of carbonyl (C=O) groups is 1. The Kier molecular flexibility index (Phi) is 6.13. The fourth-order valence-electron chi connectivity index (χ4n) is 4.46. The minimum absolute atomic E-state index is 0.0726. The van der Waals surface area contributed by atoms with Crippen molar-refractivity contribution in [3.8, 4) is 22.8 Å². The molecule has 0 bridgehead atoms. The number of Topliss-reactive ketones (excluding diaryl/α,β-unsaturated/α-hetero) is 1. The van der Waals surface area contributed by atoms with Crippen LogP contribution in [0.5, 0.6) is 11.5 Å². The predicted molar refractivity (Wildman–Crippen MR) is 135 cm³/mol. The first kappa shape index (κ1) is 22.9. The Balaban J connectivity index is 0.000000192. The van der Waals surface area contributed by atoms with Crippen LogP contribution in [0.2, 0.25) is 5.02 Å². The van der Waals surface area contributed by atoms with E-state index in [1.165, 1.54) is 6.33 Å². The number of benzene rings is 2. The van der Waals surface area contributed by atoms with Crippen molar-refractivity contribution in [3.05, 3.63) is 75.6 Å². The van der Waals surface area contributed by atoms with Crippen LogP contribution in [0.15, 0.2) is 53.7 Å². The number of aromatic nitrogens is 3. The summed E-state index contributed by atoms with van der Waals surface area (Å²) in [5.41, 5.74) is 4.28. The van der Waals surface area contributed by atoms with Gasteiger partial charge in [-0.05, 0) is 60.2 Å². The number of anilines is 1. The van der Waals surface area contributed by atoms with Crippen molar-refractivity contribution in [2.45, 2.75) is 25.9 Å². The number of nitrogens with one attached hydrogen (secondary N) is 1. The third-order valence-electron chi connectivity index (χ3n) is 6.20. The molecule has 0 saturated heterocycles. The average molecular weight is 491 g/mol. The van der Waals surface area contributed by atoms with Crippen molar-refractivity contribution in [1.29, 1.82) is 0 Å². The van der Waals surface area contributed by atoms with Crippen LogP contribution in [0.3, 0.4) is 0 Å². The lowest BCUT2D eigenvalue weighted by Crippen LogP contribution is -2.28. The second-order valence-corrected chi connectivity index (χ2v) is 8.69. The van der Waals surface area contributed by atoms with Gasteiger partial charge in [0.15, 0.2) is 17.3 Å². The monoisotopic (exact) mass is 490 g/mol. The number of pyridine rings is 1. The smallest absolute Gasteiger partial charge is 0.260 e. The summed E-state index contributed by atoms with van der Waals surface area (Å²) in [6.07, 6.45) is 5.70. The van der Waals surface area contributed by atoms with E-state index in [2.05, 4.69) is 15.3 Å². The van der Waals surface area contributed by atoms with E-state index in [0.717, 1.165) is 40.7 Å². The molecule has 6 rings (SSSR count). The van der Waals surface area contributed by atoms with Crippen LogP contribution in [0, 0.1) is 0 Å². The molecule has 0 saturated carbocycles. The second-order valence-electron chi connectivity index (χ2n) is 8.26. The molecule has 0 amide bonds. The Morgan fingerprint density at radius 3 is 2.60 bits per heavy atom. The predicted octanol–water partition coefficient (Wildman–Crippen LogP) is 4.72. The van der Waals surface area contributed by atoms with Crippen molar-refractivity contribution in [1.82, 2.24) is 14.5 Å². The van der Waals surface area contributed by atoms with Crippen LogP contribution >= 0.6 is 11.6 Å². The summed E-state index contributed by atoms with van der Waals surface area (Å²) in [5, 5.41) is 5.30.